The first-order valence-electron chi connectivity index (χ1n) is 6.96. The highest BCUT2D eigenvalue weighted by molar-refractivity contribution is 7.99. The molecule has 1 amide bonds. The third-order valence-electron chi connectivity index (χ3n) is 2.86. The Hall–Kier alpha value is -1.89. The lowest BCUT2D eigenvalue weighted by Gasteiger charge is -2.12. The minimum absolute atomic E-state index is 0.0776. The first-order chi connectivity index (χ1) is 10.3. The number of aromatic amines is 1. The number of carbonyl (C=O) groups excluding carboxylic acids is 1. The van der Waals surface area contributed by atoms with Crippen molar-refractivity contribution in [2.45, 2.75) is 37.8 Å². The third-order valence-corrected chi connectivity index (χ3v) is 3.71. The van der Waals surface area contributed by atoms with E-state index < -0.39 is 0 Å². The summed E-state index contributed by atoms with van der Waals surface area (Å²) in [4.78, 5) is 16.2. The molecular weight excluding hydrogens is 303 g/mol. The molecule has 118 valence electrons. The molecule has 2 rings (SSSR count). The molecule has 7 heteroatoms. The highest BCUT2D eigenvalue weighted by atomic mass is 32.2. The number of nitrogens with one attached hydrogen (secondary N) is 2. The molecule has 0 unspecified atom stereocenters. The topological polar surface area (TPSA) is 70.7 Å². The normalized spacial score (nSPS) is 11.5. The molecule has 0 fully saturated rings. The van der Waals surface area contributed by atoms with Gasteiger partial charge in [-0.2, -0.15) is 0 Å². The first-order valence-corrected chi connectivity index (χ1v) is 7.94. The number of carbonyl (C=O) groups is 1. The SMILES string of the molecule is CC(C)(C)c1nc(SCCC(=O)Nc2ccc(F)cc2)n[nH]1. The Kier molecular flexibility index (Phi) is 5.18. The monoisotopic (exact) mass is 322 g/mol. The molecule has 0 bridgehead atoms. The summed E-state index contributed by atoms with van der Waals surface area (Å²) in [6.07, 6.45) is 0.335. The van der Waals surface area contributed by atoms with Crippen LogP contribution in [-0.2, 0) is 10.2 Å². The number of amides is 1. The van der Waals surface area contributed by atoms with Gasteiger partial charge >= 0.3 is 0 Å². The van der Waals surface area contributed by atoms with E-state index in [-0.39, 0.29) is 17.1 Å². The molecular formula is C15H19FN4OS. The Morgan fingerprint density at radius 3 is 2.59 bits per heavy atom. The standard InChI is InChI=1S/C15H19FN4OS/c1-15(2,3)13-18-14(20-19-13)22-9-8-12(21)17-11-6-4-10(16)5-7-11/h4-7H,8-9H2,1-3H3,(H,17,21)(H,18,19,20). The van der Waals surface area contributed by atoms with Crippen LogP contribution in [0.2, 0.25) is 0 Å². The van der Waals surface area contributed by atoms with E-state index in [1.807, 2.05) is 0 Å². The van der Waals surface area contributed by atoms with Crippen LogP contribution >= 0.6 is 11.8 Å². The number of hydrogen-bond donors (Lipinski definition) is 2. The summed E-state index contributed by atoms with van der Waals surface area (Å²) in [7, 11) is 0. The van der Waals surface area contributed by atoms with E-state index in [2.05, 4.69) is 41.3 Å². The molecule has 2 N–H and O–H groups in total. The highest BCUT2D eigenvalue weighted by Gasteiger charge is 2.18. The zero-order valence-corrected chi connectivity index (χ0v) is 13.6. The predicted molar refractivity (Wildman–Crippen MR) is 85.5 cm³/mol. The number of anilines is 1. The van der Waals surface area contributed by atoms with Crippen molar-refractivity contribution in [2.75, 3.05) is 11.1 Å². The van der Waals surface area contributed by atoms with E-state index in [0.29, 0.717) is 23.0 Å². The summed E-state index contributed by atoms with van der Waals surface area (Å²) >= 11 is 1.42. The largest absolute Gasteiger partial charge is 0.326 e. The van der Waals surface area contributed by atoms with Crippen LogP contribution in [0.1, 0.15) is 33.0 Å². The van der Waals surface area contributed by atoms with Gasteiger partial charge in [0.15, 0.2) is 0 Å². The van der Waals surface area contributed by atoms with Crippen molar-refractivity contribution in [3.05, 3.63) is 35.9 Å². The fourth-order valence-corrected chi connectivity index (χ4v) is 2.37. The molecule has 2 aromatic rings. The Labute approximate surface area is 133 Å². The molecule has 0 aliphatic carbocycles. The number of thioether (sulfide) groups is 1. The van der Waals surface area contributed by atoms with E-state index in [1.54, 1.807) is 0 Å². The van der Waals surface area contributed by atoms with Gasteiger partial charge in [0.05, 0.1) is 0 Å². The number of nitrogens with zero attached hydrogens (tertiary/aromatic N) is 2. The maximum Gasteiger partial charge on any atom is 0.225 e. The van der Waals surface area contributed by atoms with Gasteiger partial charge < -0.3 is 5.32 Å². The van der Waals surface area contributed by atoms with Crippen LogP contribution in [0.15, 0.2) is 29.4 Å². The minimum atomic E-state index is -0.326. The van der Waals surface area contributed by atoms with E-state index >= 15 is 0 Å². The zero-order chi connectivity index (χ0) is 16.2. The van der Waals surface area contributed by atoms with Crippen LogP contribution < -0.4 is 5.32 Å². The number of hydrogen-bond acceptors (Lipinski definition) is 4. The number of halogens is 1. The van der Waals surface area contributed by atoms with Gasteiger partial charge in [0.25, 0.3) is 0 Å². The van der Waals surface area contributed by atoms with Crippen molar-refractivity contribution < 1.29 is 9.18 Å². The molecule has 0 saturated heterocycles. The molecule has 0 radical (unpaired) electrons. The minimum Gasteiger partial charge on any atom is -0.326 e. The van der Waals surface area contributed by atoms with Gasteiger partial charge in [-0.05, 0) is 24.3 Å². The zero-order valence-electron chi connectivity index (χ0n) is 12.8. The molecule has 0 saturated carbocycles. The maximum absolute atomic E-state index is 12.8. The van der Waals surface area contributed by atoms with Gasteiger partial charge in [-0.3, -0.25) is 9.89 Å². The fraction of sp³-hybridized carbons (Fsp3) is 0.400. The van der Waals surface area contributed by atoms with E-state index in [4.69, 9.17) is 0 Å². The number of rotatable bonds is 5. The maximum atomic E-state index is 12.8. The summed E-state index contributed by atoms with van der Waals surface area (Å²) in [6.45, 7) is 6.16. The highest BCUT2D eigenvalue weighted by Crippen LogP contribution is 2.21. The molecule has 1 aromatic heterocycles. The number of aromatic nitrogens is 3. The second kappa shape index (κ2) is 6.91. The molecule has 22 heavy (non-hydrogen) atoms. The summed E-state index contributed by atoms with van der Waals surface area (Å²) in [5, 5.41) is 10.4. The van der Waals surface area contributed by atoms with E-state index in [0.717, 1.165) is 5.82 Å². The number of benzene rings is 1. The lowest BCUT2D eigenvalue weighted by molar-refractivity contribution is -0.115. The van der Waals surface area contributed by atoms with E-state index in [1.165, 1.54) is 36.0 Å². The summed E-state index contributed by atoms with van der Waals surface area (Å²) in [6, 6.07) is 5.69. The van der Waals surface area contributed by atoms with Gasteiger partial charge in [0, 0.05) is 23.3 Å². The van der Waals surface area contributed by atoms with Gasteiger partial charge in [-0.15, -0.1) is 5.10 Å². The van der Waals surface area contributed by atoms with Crippen molar-refractivity contribution in [2.24, 2.45) is 0 Å². The Bertz CT molecular complexity index is 634. The predicted octanol–water partition coefficient (Wildman–Crippen LogP) is 3.36. The van der Waals surface area contributed by atoms with Crippen molar-refractivity contribution in [1.82, 2.24) is 15.2 Å². The Morgan fingerprint density at radius 2 is 2.00 bits per heavy atom. The molecule has 5 nitrogen and oxygen atoms in total. The van der Waals surface area contributed by atoms with Crippen LogP contribution in [0.3, 0.4) is 0 Å². The van der Waals surface area contributed by atoms with Crippen molar-refractivity contribution in [1.29, 1.82) is 0 Å². The van der Waals surface area contributed by atoms with Crippen molar-refractivity contribution >= 4 is 23.4 Å². The molecule has 0 spiro atoms. The lowest BCUT2D eigenvalue weighted by Crippen LogP contribution is -2.13. The van der Waals surface area contributed by atoms with Gasteiger partial charge in [0.1, 0.15) is 11.6 Å². The average molecular weight is 322 g/mol. The van der Waals surface area contributed by atoms with Crippen LogP contribution in [-0.4, -0.2) is 26.8 Å². The quantitative estimate of drug-likeness (QED) is 0.828. The summed E-state index contributed by atoms with van der Waals surface area (Å²) in [5.74, 6) is 0.957. The smallest absolute Gasteiger partial charge is 0.225 e. The van der Waals surface area contributed by atoms with Crippen LogP contribution in [0, 0.1) is 5.82 Å². The van der Waals surface area contributed by atoms with Crippen molar-refractivity contribution in [3.8, 4) is 0 Å². The van der Waals surface area contributed by atoms with Crippen LogP contribution in [0.25, 0.3) is 0 Å². The van der Waals surface area contributed by atoms with Gasteiger partial charge in [0.2, 0.25) is 11.1 Å². The summed E-state index contributed by atoms with van der Waals surface area (Å²) in [5.41, 5.74) is 0.510. The molecule has 1 aromatic carbocycles. The molecule has 0 aliphatic rings. The second-order valence-electron chi connectivity index (χ2n) is 5.87. The average Bonchev–Trinajstić information content (AvgIpc) is 2.90. The molecule has 1 heterocycles. The summed E-state index contributed by atoms with van der Waals surface area (Å²) < 4.78 is 12.8. The van der Waals surface area contributed by atoms with Crippen LogP contribution in [0.5, 0.6) is 0 Å². The van der Waals surface area contributed by atoms with E-state index in [9.17, 15) is 9.18 Å². The first kappa shape index (κ1) is 16.5. The Morgan fingerprint density at radius 1 is 1.32 bits per heavy atom. The third kappa shape index (κ3) is 4.84. The van der Waals surface area contributed by atoms with Gasteiger partial charge in [-0.1, -0.05) is 32.5 Å². The second-order valence-corrected chi connectivity index (χ2v) is 6.93. The van der Waals surface area contributed by atoms with Gasteiger partial charge in [-0.25, -0.2) is 9.37 Å². The fourth-order valence-electron chi connectivity index (χ4n) is 1.64. The number of H-pyrrole nitrogens is 1. The van der Waals surface area contributed by atoms with Crippen LogP contribution in [0.4, 0.5) is 10.1 Å². The van der Waals surface area contributed by atoms with Crippen molar-refractivity contribution in [3.63, 3.8) is 0 Å². The molecule has 0 atom stereocenters. The molecule has 0 aliphatic heterocycles. The Balaban J connectivity index is 1.77. The lowest BCUT2D eigenvalue weighted by atomic mass is 9.96.